The normalized spacial score (nSPS) is 17.0. The molecule has 4 aromatic rings. The molecule has 6 rings (SSSR count). The van der Waals surface area contributed by atoms with E-state index < -0.39 is 6.04 Å². The third-order valence-corrected chi connectivity index (χ3v) is 6.86. The van der Waals surface area contributed by atoms with Crippen LogP contribution in [0.1, 0.15) is 45.2 Å². The van der Waals surface area contributed by atoms with Gasteiger partial charge >= 0.3 is 0 Å². The van der Waals surface area contributed by atoms with Crippen molar-refractivity contribution in [1.82, 2.24) is 9.97 Å². The maximum atomic E-state index is 14.0. The van der Waals surface area contributed by atoms with Crippen LogP contribution in [0.15, 0.2) is 64.4 Å². The molecule has 2 aliphatic rings. The van der Waals surface area contributed by atoms with Gasteiger partial charge in [-0.15, -0.1) is 0 Å². The Kier molecular flexibility index (Phi) is 4.52. The number of aryl methyl sites for hydroxylation is 3. The first-order chi connectivity index (χ1) is 16.4. The molecule has 3 heterocycles. The molecular weight excluding hydrogens is 424 g/mol. The van der Waals surface area contributed by atoms with Crippen molar-refractivity contribution < 1.29 is 4.79 Å². The van der Waals surface area contributed by atoms with Gasteiger partial charge in [-0.1, -0.05) is 48.0 Å². The van der Waals surface area contributed by atoms with Crippen LogP contribution in [0.3, 0.4) is 0 Å². The number of hydrogen-bond donors (Lipinski definition) is 1. The number of aliphatic imine (C=N–C) groups is 1. The van der Waals surface area contributed by atoms with Gasteiger partial charge in [-0.25, -0.2) is 4.98 Å². The summed E-state index contributed by atoms with van der Waals surface area (Å²) in [6.45, 7) is 6.36. The second-order valence-electron chi connectivity index (χ2n) is 9.13. The molecule has 2 aliphatic heterocycles. The smallest absolute Gasteiger partial charge is 0.259 e. The Bertz CT molecular complexity index is 1580. The van der Waals surface area contributed by atoms with Crippen LogP contribution in [0, 0.1) is 20.8 Å². The van der Waals surface area contributed by atoms with Gasteiger partial charge in [-0.2, -0.15) is 0 Å². The van der Waals surface area contributed by atoms with E-state index in [1.165, 1.54) is 5.56 Å². The molecule has 0 saturated carbocycles. The zero-order valence-corrected chi connectivity index (χ0v) is 19.3. The molecule has 168 valence electrons. The monoisotopic (exact) mass is 448 g/mol. The van der Waals surface area contributed by atoms with Crippen molar-refractivity contribution in [2.75, 3.05) is 11.4 Å². The Hall–Kier alpha value is -4.06. The maximum Gasteiger partial charge on any atom is 0.259 e. The minimum Gasteiger partial charge on any atom is -0.310 e. The van der Waals surface area contributed by atoms with Gasteiger partial charge in [-0.05, 0) is 56.0 Å². The molecule has 0 saturated heterocycles. The number of benzene rings is 3. The predicted molar refractivity (Wildman–Crippen MR) is 134 cm³/mol. The summed E-state index contributed by atoms with van der Waals surface area (Å²) in [5, 5.41) is 0.507. The van der Waals surface area contributed by atoms with Crippen LogP contribution < -0.4 is 10.5 Å². The summed E-state index contributed by atoms with van der Waals surface area (Å²) in [4.78, 5) is 41.1. The van der Waals surface area contributed by atoms with Crippen molar-refractivity contribution >= 4 is 28.2 Å². The van der Waals surface area contributed by atoms with Crippen LogP contribution in [0.5, 0.6) is 0 Å². The Morgan fingerprint density at radius 1 is 1.00 bits per heavy atom. The summed E-state index contributed by atoms with van der Waals surface area (Å²) < 4.78 is 0. The fourth-order valence-corrected chi connectivity index (χ4v) is 5.36. The van der Waals surface area contributed by atoms with E-state index in [4.69, 9.17) is 4.99 Å². The standard InChI is InChI=1S/C28H24N4O2/c1-15-13-19-11-12-32-26(19)21(14-15)24(18-7-5-4-6-8-18)31-25(28(32)34)20-9-10-22-23(16(20)2)27(33)30-17(3)29-22/h4-10,13-14,25H,11-12H2,1-3H3,(H,29,30,33)/t25-/m0/s1. The topological polar surface area (TPSA) is 78.4 Å². The Morgan fingerprint density at radius 3 is 2.59 bits per heavy atom. The largest absolute Gasteiger partial charge is 0.310 e. The highest BCUT2D eigenvalue weighted by atomic mass is 16.2. The Morgan fingerprint density at radius 2 is 1.79 bits per heavy atom. The SMILES string of the molecule is Cc1cc2c3c(c1)C(c1ccccc1)=N[C@@H](c1ccc4nc(C)[nH]c(=O)c4c1C)C(=O)N3CC2. The lowest BCUT2D eigenvalue weighted by Crippen LogP contribution is -2.33. The third kappa shape index (κ3) is 3.02. The predicted octanol–water partition coefficient (Wildman–Crippen LogP) is 4.33. The Balaban J connectivity index is 1.64. The van der Waals surface area contributed by atoms with Gasteiger partial charge in [0.15, 0.2) is 6.04 Å². The van der Waals surface area contributed by atoms with Crippen LogP contribution in [0.25, 0.3) is 10.9 Å². The van der Waals surface area contributed by atoms with Gasteiger partial charge in [0, 0.05) is 17.7 Å². The summed E-state index contributed by atoms with van der Waals surface area (Å²) in [7, 11) is 0. The minimum absolute atomic E-state index is 0.0614. The molecule has 1 N–H and O–H groups in total. The number of carbonyl (C=O) groups excluding carboxylic acids is 1. The molecule has 1 atom stereocenters. The van der Waals surface area contributed by atoms with Crippen LogP contribution in [-0.2, 0) is 11.2 Å². The first-order valence-electron chi connectivity index (χ1n) is 11.5. The molecule has 1 amide bonds. The minimum atomic E-state index is -0.751. The molecule has 6 heteroatoms. The fraction of sp³-hybridized carbons (Fsp3) is 0.214. The fourth-order valence-electron chi connectivity index (χ4n) is 5.36. The van der Waals surface area contributed by atoms with Gasteiger partial charge < -0.3 is 9.88 Å². The van der Waals surface area contributed by atoms with Crippen molar-refractivity contribution in [2.45, 2.75) is 33.2 Å². The molecule has 0 fully saturated rings. The van der Waals surface area contributed by atoms with Crippen molar-refractivity contribution in [3.8, 4) is 0 Å². The zero-order chi connectivity index (χ0) is 23.6. The highest BCUT2D eigenvalue weighted by molar-refractivity contribution is 6.21. The van der Waals surface area contributed by atoms with Gasteiger partial charge in [0.25, 0.3) is 11.5 Å². The van der Waals surface area contributed by atoms with Crippen molar-refractivity contribution in [1.29, 1.82) is 0 Å². The lowest BCUT2D eigenvalue weighted by atomic mass is 9.95. The molecular formula is C28H24N4O2. The average molecular weight is 449 g/mol. The molecule has 1 aromatic heterocycles. The molecule has 6 nitrogen and oxygen atoms in total. The number of aromatic nitrogens is 2. The number of aromatic amines is 1. The molecule has 0 aliphatic carbocycles. The van der Waals surface area contributed by atoms with Gasteiger partial charge in [0.1, 0.15) is 5.82 Å². The van der Waals surface area contributed by atoms with E-state index in [1.54, 1.807) is 6.92 Å². The average Bonchev–Trinajstić information content (AvgIpc) is 3.19. The third-order valence-electron chi connectivity index (χ3n) is 6.86. The molecule has 0 spiro atoms. The zero-order valence-electron chi connectivity index (χ0n) is 19.3. The van der Waals surface area contributed by atoms with Crippen molar-refractivity contribution in [2.24, 2.45) is 4.99 Å². The van der Waals surface area contributed by atoms with Gasteiger partial charge in [0.05, 0.1) is 22.3 Å². The number of amides is 1. The van der Waals surface area contributed by atoms with Gasteiger partial charge in [0.2, 0.25) is 0 Å². The maximum absolute atomic E-state index is 14.0. The van der Waals surface area contributed by atoms with E-state index in [0.29, 0.717) is 23.3 Å². The van der Waals surface area contributed by atoms with Crippen LogP contribution in [0.4, 0.5) is 5.69 Å². The summed E-state index contributed by atoms with van der Waals surface area (Å²) in [5.74, 6) is 0.503. The highest BCUT2D eigenvalue weighted by Gasteiger charge is 2.38. The summed E-state index contributed by atoms with van der Waals surface area (Å²) in [6.07, 6.45) is 0.824. The van der Waals surface area contributed by atoms with Crippen molar-refractivity contribution in [3.05, 3.63) is 104 Å². The second-order valence-corrected chi connectivity index (χ2v) is 9.13. The van der Waals surface area contributed by atoms with E-state index in [-0.39, 0.29) is 11.5 Å². The van der Waals surface area contributed by atoms with Crippen LogP contribution in [0.2, 0.25) is 0 Å². The molecule has 0 radical (unpaired) electrons. The number of hydrogen-bond acceptors (Lipinski definition) is 4. The summed E-state index contributed by atoms with van der Waals surface area (Å²) in [6, 6.07) is 17.3. The van der Waals surface area contributed by atoms with Crippen LogP contribution >= 0.6 is 0 Å². The first kappa shape index (κ1) is 20.5. The number of carbonyl (C=O) groups is 1. The lowest BCUT2D eigenvalue weighted by Gasteiger charge is -2.22. The first-order valence-corrected chi connectivity index (χ1v) is 11.5. The molecule has 0 bridgehead atoms. The van der Waals surface area contributed by atoms with E-state index >= 15 is 0 Å². The lowest BCUT2D eigenvalue weighted by molar-refractivity contribution is -0.119. The summed E-state index contributed by atoms with van der Waals surface area (Å²) in [5.41, 5.74) is 7.96. The van der Waals surface area contributed by atoms with Gasteiger partial charge in [-0.3, -0.25) is 14.6 Å². The number of nitrogens with one attached hydrogen (secondary N) is 1. The molecule has 0 unspecified atom stereocenters. The van der Waals surface area contributed by atoms with E-state index in [2.05, 4.69) is 29.0 Å². The van der Waals surface area contributed by atoms with E-state index in [1.807, 2.05) is 54.3 Å². The number of H-pyrrole nitrogens is 1. The number of nitrogens with zero attached hydrogens (tertiary/aromatic N) is 3. The van der Waals surface area contributed by atoms with Crippen LogP contribution in [-0.4, -0.2) is 28.1 Å². The van der Waals surface area contributed by atoms with E-state index in [9.17, 15) is 9.59 Å². The number of fused-ring (bicyclic) bond motifs is 1. The number of anilines is 1. The van der Waals surface area contributed by atoms with E-state index in [0.717, 1.165) is 45.6 Å². The number of rotatable bonds is 2. The quantitative estimate of drug-likeness (QED) is 0.496. The summed E-state index contributed by atoms with van der Waals surface area (Å²) >= 11 is 0. The molecule has 3 aromatic carbocycles. The van der Waals surface area contributed by atoms with Crippen molar-refractivity contribution in [3.63, 3.8) is 0 Å². The highest BCUT2D eigenvalue weighted by Crippen LogP contribution is 2.41. The Labute approximate surface area is 197 Å². The molecule has 34 heavy (non-hydrogen) atoms. The second kappa shape index (κ2) is 7.48.